The molecule has 44 heavy (non-hydrogen) atoms. The van der Waals surface area contributed by atoms with Crippen molar-refractivity contribution in [2.24, 2.45) is 0 Å². The lowest BCUT2D eigenvalue weighted by molar-refractivity contribution is -0.231. The number of aliphatic hydroxyl groups is 3. The Kier molecular flexibility index (Phi) is 25.8. The molecule has 0 spiro atoms. The number of carboxylic acid groups (broad SMARTS) is 1. The summed E-state index contributed by atoms with van der Waals surface area (Å²) in [7, 11) is 0. The summed E-state index contributed by atoms with van der Waals surface area (Å²) < 4.78 is 16.8. The van der Waals surface area contributed by atoms with E-state index in [1.165, 1.54) is 0 Å². The van der Waals surface area contributed by atoms with Gasteiger partial charge < -0.3 is 50.6 Å². The molecule has 1 aliphatic heterocycles. The number of aliphatic hydroxyl groups excluding tert-OH is 3. The van der Waals surface area contributed by atoms with Gasteiger partial charge in [0.15, 0.2) is 0 Å². The minimum atomic E-state index is -1.23. The van der Waals surface area contributed by atoms with Crippen molar-refractivity contribution in [1.29, 1.82) is 0 Å². The third kappa shape index (κ3) is 21.4. The molecule has 3 atom stereocenters. The van der Waals surface area contributed by atoms with E-state index in [1.807, 2.05) is 0 Å². The van der Waals surface area contributed by atoms with Gasteiger partial charge in [-0.05, 0) is 77.5 Å². The monoisotopic (exact) mass is 633 g/mol. The standard InChI is InChI=1S/C32H63N3O9/c36-26-32(31(41)28(37)16-24-44-32)27-43-22-11-7-10-17-33-18-12-19-34-20-13-23-42-25-21-35-29(38)14-8-5-3-1-2-4-6-9-15-30(39)40/h28,31,33-34,36-37,41H,1-27H2,(H,35,38)(H,39,40)/t28-,31-,32-/m1/s1. The number of aliphatic carboxylic acids is 1. The molecule has 0 aliphatic carbocycles. The number of nitrogens with one attached hydrogen (secondary N) is 3. The topological polar surface area (TPSA) is 179 Å². The Balaban J connectivity index is 1.75. The van der Waals surface area contributed by atoms with Gasteiger partial charge in [-0.2, -0.15) is 0 Å². The fourth-order valence-corrected chi connectivity index (χ4v) is 5.13. The Labute approximate surface area is 265 Å². The Morgan fingerprint density at radius 2 is 1.30 bits per heavy atom. The molecule has 7 N–H and O–H groups in total. The normalized spacial score (nSPS) is 20.2. The molecule has 12 nitrogen and oxygen atoms in total. The third-order valence-corrected chi connectivity index (χ3v) is 7.93. The highest BCUT2D eigenvalue weighted by atomic mass is 16.6. The fraction of sp³-hybridized carbons (Fsp3) is 0.938. The Hall–Kier alpha value is -1.38. The van der Waals surface area contributed by atoms with E-state index in [-0.39, 0.29) is 25.5 Å². The first kappa shape index (κ1) is 40.6. The molecule has 1 fully saturated rings. The maximum Gasteiger partial charge on any atom is 0.303 e. The predicted octanol–water partition coefficient (Wildman–Crippen LogP) is 2.12. The first-order valence-electron chi connectivity index (χ1n) is 17.1. The van der Waals surface area contributed by atoms with Gasteiger partial charge in [0.2, 0.25) is 5.91 Å². The van der Waals surface area contributed by atoms with Gasteiger partial charge in [-0.1, -0.05) is 38.5 Å². The zero-order valence-electron chi connectivity index (χ0n) is 27.1. The molecule has 0 unspecified atom stereocenters. The molecule has 1 heterocycles. The molecule has 0 bridgehead atoms. The van der Waals surface area contributed by atoms with Gasteiger partial charge >= 0.3 is 5.97 Å². The van der Waals surface area contributed by atoms with Crippen LogP contribution in [0.1, 0.15) is 103 Å². The summed E-state index contributed by atoms with van der Waals surface area (Å²) in [6.45, 7) is 6.06. The molecule has 1 rings (SSSR count). The van der Waals surface area contributed by atoms with Crippen molar-refractivity contribution < 1.29 is 44.2 Å². The summed E-state index contributed by atoms with van der Waals surface area (Å²) in [6.07, 6.45) is 12.4. The highest BCUT2D eigenvalue weighted by Crippen LogP contribution is 2.26. The summed E-state index contributed by atoms with van der Waals surface area (Å²) >= 11 is 0. The average molecular weight is 634 g/mol. The summed E-state index contributed by atoms with van der Waals surface area (Å²) in [4.78, 5) is 22.4. The predicted molar refractivity (Wildman–Crippen MR) is 170 cm³/mol. The van der Waals surface area contributed by atoms with E-state index in [9.17, 15) is 24.9 Å². The van der Waals surface area contributed by atoms with Gasteiger partial charge in [0, 0.05) is 32.6 Å². The SMILES string of the molecule is O=C(O)CCCCCCCCCCC(=O)NCCOCCCNCCCNCCCCCOC[C@@]1(CO)OCC[C@@H](O)[C@H]1O. The van der Waals surface area contributed by atoms with Crippen molar-refractivity contribution in [3.8, 4) is 0 Å². The largest absolute Gasteiger partial charge is 0.481 e. The molecular weight excluding hydrogens is 570 g/mol. The van der Waals surface area contributed by atoms with Crippen LogP contribution in [0.2, 0.25) is 0 Å². The molecule has 0 saturated carbocycles. The number of hydrogen-bond acceptors (Lipinski definition) is 10. The number of rotatable bonds is 31. The first-order valence-corrected chi connectivity index (χ1v) is 17.1. The molecule has 260 valence electrons. The molecule has 0 radical (unpaired) electrons. The van der Waals surface area contributed by atoms with Gasteiger partial charge in [-0.15, -0.1) is 0 Å². The van der Waals surface area contributed by atoms with Crippen molar-refractivity contribution in [3.05, 3.63) is 0 Å². The number of carboxylic acids is 1. The molecule has 12 heteroatoms. The molecule has 1 aliphatic rings. The lowest BCUT2D eigenvalue weighted by Gasteiger charge is -2.42. The van der Waals surface area contributed by atoms with E-state index in [2.05, 4.69) is 16.0 Å². The van der Waals surface area contributed by atoms with Crippen molar-refractivity contribution in [1.82, 2.24) is 16.0 Å². The fourth-order valence-electron chi connectivity index (χ4n) is 5.13. The Morgan fingerprint density at radius 3 is 1.98 bits per heavy atom. The number of unbranched alkanes of at least 4 members (excludes halogenated alkanes) is 9. The molecule has 1 saturated heterocycles. The smallest absolute Gasteiger partial charge is 0.303 e. The molecule has 0 aromatic carbocycles. The maximum absolute atomic E-state index is 11.9. The van der Waals surface area contributed by atoms with Crippen LogP contribution in [-0.4, -0.2) is 122 Å². The second kappa shape index (κ2) is 27.9. The van der Waals surface area contributed by atoms with Gasteiger partial charge in [0.25, 0.3) is 0 Å². The summed E-state index contributed by atoms with van der Waals surface area (Å²) in [5.41, 5.74) is -1.23. The van der Waals surface area contributed by atoms with Crippen LogP contribution >= 0.6 is 0 Å². The van der Waals surface area contributed by atoms with Crippen LogP contribution < -0.4 is 16.0 Å². The number of carbonyl (C=O) groups excluding carboxylic acids is 1. The van der Waals surface area contributed by atoms with Gasteiger partial charge in [-0.3, -0.25) is 9.59 Å². The minimum absolute atomic E-state index is 0.0707. The Bertz CT molecular complexity index is 704. The van der Waals surface area contributed by atoms with E-state index < -0.39 is 23.8 Å². The summed E-state index contributed by atoms with van der Waals surface area (Å²) in [5.74, 6) is -0.622. The number of amides is 1. The lowest BCUT2D eigenvalue weighted by atomic mass is 9.90. The number of ether oxygens (including phenoxy) is 3. The minimum Gasteiger partial charge on any atom is -0.481 e. The third-order valence-electron chi connectivity index (χ3n) is 7.93. The molecular formula is C32H63N3O9. The van der Waals surface area contributed by atoms with Crippen LogP contribution in [0.25, 0.3) is 0 Å². The Morgan fingerprint density at radius 1 is 0.705 bits per heavy atom. The van der Waals surface area contributed by atoms with E-state index in [0.717, 1.165) is 110 Å². The van der Waals surface area contributed by atoms with Crippen LogP contribution in [0.4, 0.5) is 0 Å². The van der Waals surface area contributed by atoms with Crippen LogP contribution in [0.15, 0.2) is 0 Å². The molecule has 0 aromatic rings. The van der Waals surface area contributed by atoms with Gasteiger partial charge in [-0.25, -0.2) is 0 Å². The van der Waals surface area contributed by atoms with Gasteiger partial charge in [0.1, 0.15) is 11.7 Å². The second-order valence-corrected chi connectivity index (χ2v) is 11.9. The van der Waals surface area contributed by atoms with Crippen LogP contribution in [0.5, 0.6) is 0 Å². The molecule has 0 aromatic heterocycles. The van der Waals surface area contributed by atoms with Crippen LogP contribution in [0.3, 0.4) is 0 Å². The highest BCUT2D eigenvalue weighted by Gasteiger charge is 2.45. The second-order valence-electron chi connectivity index (χ2n) is 11.9. The van der Waals surface area contributed by atoms with E-state index in [1.54, 1.807) is 0 Å². The maximum atomic E-state index is 11.9. The summed E-state index contributed by atoms with van der Waals surface area (Å²) in [5, 5.41) is 48.0. The quantitative estimate of drug-likeness (QED) is 0.0556. The van der Waals surface area contributed by atoms with Crippen LogP contribution in [0, 0.1) is 0 Å². The van der Waals surface area contributed by atoms with E-state index in [4.69, 9.17) is 19.3 Å². The number of hydrogen-bond donors (Lipinski definition) is 7. The molecule has 1 amide bonds. The lowest BCUT2D eigenvalue weighted by Crippen LogP contribution is -2.60. The highest BCUT2D eigenvalue weighted by molar-refractivity contribution is 5.75. The summed E-state index contributed by atoms with van der Waals surface area (Å²) in [6, 6.07) is 0. The average Bonchev–Trinajstić information content (AvgIpc) is 3.01. The number of carbonyl (C=O) groups is 2. The van der Waals surface area contributed by atoms with Crippen molar-refractivity contribution >= 4 is 11.9 Å². The van der Waals surface area contributed by atoms with Gasteiger partial charge in [0.05, 0.1) is 32.5 Å². The van der Waals surface area contributed by atoms with Crippen LogP contribution in [-0.2, 0) is 23.8 Å². The van der Waals surface area contributed by atoms with E-state index in [0.29, 0.717) is 45.8 Å². The first-order chi connectivity index (χ1) is 21.4. The zero-order chi connectivity index (χ0) is 32.1. The van der Waals surface area contributed by atoms with Crippen molar-refractivity contribution in [2.45, 2.75) is 121 Å². The zero-order valence-corrected chi connectivity index (χ0v) is 27.1. The van der Waals surface area contributed by atoms with E-state index >= 15 is 0 Å². The van der Waals surface area contributed by atoms with Crippen molar-refractivity contribution in [2.75, 3.05) is 72.4 Å². The van der Waals surface area contributed by atoms with Crippen molar-refractivity contribution in [3.63, 3.8) is 0 Å².